The van der Waals surface area contributed by atoms with Gasteiger partial charge in [0.2, 0.25) is 0 Å². The molecule has 0 unspecified atom stereocenters. The zero-order valence-electron chi connectivity index (χ0n) is 34.8. The predicted molar refractivity (Wildman–Crippen MR) is 260 cm³/mol. The van der Waals surface area contributed by atoms with Gasteiger partial charge in [-0.3, -0.25) is 0 Å². The fraction of sp³-hybridized carbons (Fsp3) is 0.0164. The monoisotopic (exact) mass is 817 g/mol. The average molecular weight is 818 g/mol. The molecule has 0 atom stereocenters. The van der Waals surface area contributed by atoms with Crippen molar-refractivity contribution in [2.45, 2.75) is 5.41 Å². The summed E-state index contributed by atoms with van der Waals surface area (Å²) in [5.41, 5.74) is 19.4. The normalized spacial score (nSPS) is 13.1. The molecule has 64 heavy (non-hydrogen) atoms. The van der Waals surface area contributed by atoms with Crippen LogP contribution in [0.2, 0.25) is 0 Å². The van der Waals surface area contributed by atoms with Gasteiger partial charge in [-0.1, -0.05) is 194 Å². The topological polar surface area (TPSA) is 21.7 Å². The standard InChI is InChI=1S/C61H39NO2/c1-3-14-40(15-4-1)41-26-28-42(29-27-41)43-30-32-44(33-31-43)45-34-36-47(37-35-45)62(46-16-5-2-6-17-46)55-24-13-25-56-59(55)64-60-57(63-56)39-38-54-58(60)50-20-9-12-23-53(50)61(54)51-21-10-7-18-48(51)49-19-8-11-22-52(49)61/h1-39H. The van der Waals surface area contributed by atoms with Gasteiger partial charge in [0.1, 0.15) is 0 Å². The summed E-state index contributed by atoms with van der Waals surface area (Å²) in [6, 6.07) is 84.6. The average Bonchev–Trinajstić information content (AvgIpc) is 3.85. The summed E-state index contributed by atoms with van der Waals surface area (Å²) in [5.74, 6) is 2.80. The first-order valence-electron chi connectivity index (χ1n) is 21.9. The third-order valence-electron chi connectivity index (χ3n) is 13.4. The molecule has 300 valence electrons. The van der Waals surface area contributed by atoms with Crippen LogP contribution < -0.4 is 14.4 Å². The van der Waals surface area contributed by atoms with E-state index >= 15 is 0 Å². The summed E-state index contributed by atoms with van der Waals surface area (Å²) in [6.45, 7) is 0. The Morgan fingerprint density at radius 3 is 1.30 bits per heavy atom. The predicted octanol–water partition coefficient (Wildman–Crippen LogP) is 16.4. The maximum Gasteiger partial charge on any atom is 0.194 e. The molecule has 3 heteroatoms. The lowest BCUT2D eigenvalue weighted by atomic mass is 9.70. The Bertz CT molecular complexity index is 3370. The second kappa shape index (κ2) is 14.3. The van der Waals surface area contributed by atoms with Gasteiger partial charge in [-0.25, -0.2) is 0 Å². The molecule has 1 heterocycles. The van der Waals surface area contributed by atoms with Crippen molar-refractivity contribution < 1.29 is 9.47 Å². The molecule has 0 fully saturated rings. The Morgan fingerprint density at radius 2 is 0.719 bits per heavy atom. The van der Waals surface area contributed by atoms with Crippen molar-refractivity contribution in [3.8, 4) is 78.6 Å². The van der Waals surface area contributed by atoms with Crippen molar-refractivity contribution in [1.29, 1.82) is 0 Å². The van der Waals surface area contributed by atoms with Crippen molar-refractivity contribution in [3.05, 3.63) is 259 Å². The second-order valence-electron chi connectivity index (χ2n) is 16.7. The fourth-order valence-electron chi connectivity index (χ4n) is 10.5. The molecule has 3 nitrogen and oxygen atoms in total. The van der Waals surface area contributed by atoms with E-state index in [9.17, 15) is 0 Å². The van der Waals surface area contributed by atoms with E-state index in [0.29, 0.717) is 17.2 Å². The van der Waals surface area contributed by atoms with Crippen LogP contribution in [0.3, 0.4) is 0 Å². The number of benzene rings is 10. The Labute approximate surface area is 372 Å². The number of hydrogen-bond acceptors (Lipinski definition) is 3. The van der Waals surface area contributed by atoms with Gasteiger partial charge in [-0.05, 0) is 115 Å². The Balaban J connectivity index is 0.876. The Hall–Kier alpha value is -8.40. The summed E-state index contributed by atoms with van der Waals surface area (Å²) in [6.07, 6.45) is 0. The van der Waals surface area contributed by atoms with Crippen LogP contribution in [0.25, 0.3) is 55.6 Å². The summed E-state index contributed by atoms with van der Waals surface area (Å²) < 4.78 is 14.2. The minimum atomic E-state index is -0.483. The smallest absolute Gasteiger partial charge is 0.194 e. The molecule has 0 aromatic heterocycles. The zero-order valence-corrected chi connectivity index (χ0v) is 34.8. The van der Waals surface area contributed by atoms with E-state index in [1.54, 1.807) is 0 Å². The van der Waals surface area contributed by atoms with Crippen molar-refractivity contribution in [2.75, 3.05) is 4.90 Å². The SMILES string of the molecule is c1ccc(-c2ccc(-c3ccc(-c4ccc(N(c5ccccc5)c5cccc6c5Oc5c(ccc7c5-c5ccccc5C75c7ccccc7-c7ccccc75)O6)cc4)cc3)cc2)cc1. The van der Waals surface area contributed by atoms with Crippen LogP contribution in [-0.4, -0.2) is 0 Å². The highest BCUT2D eigenvalue weighted by Crippen LogP contribution is 2.67. The first-order valence-corrected chi connectivity index (χ1v) is 21.9. The van der Waals surface area contributed by atoms with Gasteiger partial charge in [0, 0.05) is 16.9 Å². The van der Waals surface area contributed by atoms with Crippen LogP contribution in [0.1, 0.15) is 22.3 Å². The maximum atomic E-state index is 7.31. The third kappa shape index (κ3) is 5.41. The van der Waals surface area contributed by atoms with E-state index in [1.165, 1.54) is 55.6 Å². The highest BCUT2D eigenvalue weighted by molar-refractivity contribution is 5.98. The second-order valence-corrected chi connectivity index (χ2v) is 16.7. The van der Waals surface area contributed by atoms with Crippen LogP contribution in [0.5, 0.6) is 23.0 Å². The van der Waals surface area contributed by atoms with Crippen molar-refractivity contribution in [1.82, 2.24) is 0 Å². The number of nitrogens with zero attached hydrogens (tertiary/aromatic N) is 1. The number of para-hydroxylation sites is 2. The van der Waals surface area contributed by atoms with Gasteiger partial charge in [-0.15, -0.1) is 0 Å². The molecule has 0 bridgehead atoms. The highest BCUT2D eigenvalue weighted by Gasteiger charge is 2.53. The lowest BCUT2D eigenvalue weighted by molar-refractivity contribution is 0.361. The lowest BCUT2D eigenvalue weighted by Crippen LogP contribution is -2.25. The number of fused-ring (bicyclic) bond motifs is 13. The minimum absolute atomic E-state index is 0.483. The Morgan fingerprint density at radius 1 is 0.281 bits per heavy atom. The number of hydrogen-bond donors (Lipinski definition) is 0. The molecule has 13 rings (SSSR count). The summed E-state index contributed by atoms with van der Waals surface area (Å²) >= 11 is 0. The first kappa shape index (κ1) is 36.3. The van der Waals surface area contributed by atoms with Gasteiger partial charge in [-0.2, -0.15) is 0 Å². The van der Waals surface area contributed by atoms with Crippen LogP contribution in [0, 0.1) is 0 Å². The van der Waals surface area contributed by atoms with Gasteiger partial charge >= 0.3 is 0 Å². The van der Waals surface area contributed by atoms with E-state index in [4.69, 9.17) is 9.47 Å². The van der Waals surface area contributed by atoms with Crippen LogP contribution in [0.4, 0.5) is 17.1 Å². The van der Waals surface area contributed by atoms with Crippen molar-refractivity contribution >= 4 is 17.1 Å². The van der Waals surface area contributed by atoms with Gasteiger partial charge in [0.25, 0.3) is 0 Å². The van der Waals surface area contributed by atoms with Gasteiger partial charge < -0.3 is 14.4 Å². The number of anilines is 3. The molecule has 0 saturated heterocycles. The molecular formula is C61H39NO2. The third-order valence-corrected chi connectivity index (χ3v) is 13.4. The molecule has 1 spiro atoms. The van der Waals surface area contributed by atoms with Crippen molar-refractivity contribution in [3.63, 3.8) is 0 Å². The summed E-state index contributed by atoms with van der Waals surface area (Å²) in [5, 5.41) is 0. The molecule has 0 radical (unpaired) electrons. The number of rotatable bonds is 6. The lowest BCUT2D eigenvalue weighted by Gasteiger charge is -2.32. The van der Waals surface area contributed by atoms with E-state index in [2.05, 4.69) is 229 Å². The van der Waals surface area contributed by atoms with E-state index in [1.807, 2.05) is 12.1 Å². The van der Waals surface area contributed by atoms with Crippen molar-refractivity contribution in [2.24, 2.45) is 0 Å². The molecular weight excluding hydrogens is 779 g/mol. The largest absolute Gasteiger partial charge is 0.449 e. The number of ether oxygens (including phenoxy) is 2. The molecule has 3 aliphatic rings. The summed E-state index contributed by atoms with van der Waals surface area (Å²) in [7, 11) is 0. The van der Waals surface area contributed by atoms with Gasteiger partial charge in [0.15, 0.2) is 23.0 Å². The Kier molecular flexibility index (Phi) is 8.13. The highest BCUT2D eigenvalue weighted by atomic mass is 16.6. The molecule has 0 saturated carbocycles. The van der Waals surface area contributed by atoms with E-state index in [-0.39, 0.29) is 0 Å². The zero-order chi connectivity index (χ0) is 42.2. The first-order chi connectivity index (χ1) is 31.7. The summed E-state index contributed by atoms with van der Waals surface area (Å²) in [4.78, 5) is 2.27. The molecule has 1 aliphatic heterocycles. The minimum Gasteiger partial charge on any atom is -0.449 e. The molecule has 0 N–H and O–H groups in total. The fourth-order valence-corrected chi connectivity index (χ4v) is 10.5. The van der Waals surface area contributed by atoms with Crippen LogP contribution >= 0.6 is 0 Å². The molecule has 10 aromatic rings. The molecule has 0 amide bonds. The quantitative estimate of drug-likeness (QED) is 0.167. The molecule has 2 aliphatic carbocycles. The van der Waals surface area contributed by atoms with Gasteiger partial charge in [0.05, 0.1) is 11.1 Å². The van der Waals surface area contributed by atoms with Crippen LogP contribution in [0.15, 0.2) is 237 Å². The molecule has 10 aromatic carbocycles. The van der Waals surface area contributed by atoms with E-state index in [0.717, 1.165) is 45.1 Å². The van der Waals surface area contributed by atoms with E-state index < -0.39 is 5.41 Å². The maximum absolute atomic E-state index is 7.31. The van der Waals surface area contributed by atoms with Crippen LogP contribution in [-0.2, 0) is 5.41 Å².